The second-order valence-corrected chi connectivity index (χ2v) is 6.26. The van der Waals surface area contributed by atoms with Crippen molar-refractivity contribution in [2.24, 2.45) is 7.05 Å². The summed E-state index contributed by atoms with van der Waals surface area (Å²) in [6.07, 6.45) is 3.65. The number of amides is 2. The highest BCUT2D eigenvalue weighted by Crippen LogP contribution is 2.26. The molecule has 1 aliphatic rings. The van der Waals surface area contributed by atoms with Crippen molar-refractivity contribution in [1.29, 1.82) is 0 Å². The molecule has 4 rings (SSSR count). The SMILES string of the molecule is Cn1ccc(NC(=O)C2Cc3ccccc3CN2C(=O)c2ccco2)n1. The molecule has 1 aromatic carbocycles. The number of hydrogen-bond acceptors (Lipinski definition) is 4. The molecule has 1 atom stereocenters. The summed E-state index contributed by atoms with van der Waals surface area (Å²) < 4.78 is 6.86. The van der Waals surface area contributed by atoms with E-state index in [4.69, 9.17) is 4.42 Å². The zero-order chi connectivity index (χ0) is 18.1. The summed E-state index contributed by atoms with van der Waals surface area (Å²) >= 11 is 0. The lowest BCUT2D eigenvalue weighted by molar-refractivity contribution is -0.121. The number of carbonyl (C=O) groups excluding carboxylic acids is 2. The standard InChI is InChI=1S/C19H18N4O3/c1-22-9-8-17(21-22)20-18(24)15-11-13-5-2-3-6-14(13)12-23(15)19(25)16-7-4-10-26-16/h2-10,15H,11-12H2,1H3,(H,20,21,24). The molecule has 2 aromatic heterocycles. The number of rotatable bonds is 3. The number of aromatic nitrogens is 2. The van der Waals surface area contributed by atoms with Gasteiger partial charge in [-0.2, -0.15) is 5.10 Å². The van der Waals surface area contributed by atoms with E-state index in [9.17, 15) is 9.59 Å². The van der Waals surface area contributed by atoms with Crippen LogP contribution in [0.25, 0.3) is 0 Å². The molecule has 1 unspecified atom stereocenters. The third-order valence-corrected chi connectivity index (χ3v) is 4.51. The Labute approximate surface area is 150 Å². The maximum absolute atomic E-state index is 12.9. The Morgan fingerprint density at radius 2 is 1.96 bits per heavy atom. The van der Waals surface area contributed by atoms with E-state index in [1.165, 1.54) is 6.26 Å². The molecular formula is C19H18N4O3. The van der Waals surface area contributed by atoms with E-state index in [1.807, 2.05) is 24.3 Å². The average Bonchev–Trinajstić information content (AvgIpc) is 3.32. The summed E-state index contributed by atoms with van der Waals surface area (Å²) in [5.41, 5.74) is 2.10. The van der Waals surface area contributed by atoms with E-state index < -0.39 is 6.04 Å². The van der Waals surface area contributed by atoms with E-state index in [-0.39, 0.29) is 17.6 Å². The Hall–Kier alpha value is -3.35. The Kier molecular flexibility index (Phi) is 4.04. The number of fused-ring (bicyclic) bond motifs is 1. The maximum Gasteiger partial charge on any atom is 0.290 e. The van der Waals surface area contributed by atoms with E-state index >= 15 is 0 Å². The van der Waals surface area contributed by atoms with Crippen LogP contribution in [0.5, 0.6) is 0 Å². The van der Waals surface area contributed by atoms with Crippen LogP contribution in [-0.4, -0.2) is 32.5 Å². The summed E-state index contributed by atoms with van der Waals surface area (Å²) in [6.45, 7) is 0.357. The van der Waals surface area contributed by atoms with Crippen molar-refractivity contribution in [3.05, 3.63) is 71.8 Å². The van der Waals surface area contributed by atoms with Gasteiger partial charge in [-0.3, -0.25) is 14.3 Å². The summed E-state index contributed by atoms with van der Waals surface area (Å²) in [7, 11) is 1.78. The van der Waals surface area contributed by atoms with Gasteiger partial charge in [0, 0.05) is 32.3 Å². The number of carbonyl (C=O) groups is 2. The molecule has 0 spiro atoms. The Morgan fingerprint density at radius 1 is 1.15 bits per heavy atom. The van der Waals surface area contributed by atoms with E-state index in [1.54, 1.807) is 41.0 Å². The molecular weight excluding hydrogens is 332 g/mol. The lowest BCUT2D eigenvalue weighted by atomic mass is 9.93. The fourth-order valence-electron chi connectivity index (χ4n) is 3.20. The number of hydrogen-bond donors (Lipinski definition) is 1. The third-order valence-electron chi connectivity index (χ3n) is 4.51. The third kappa shape index (κ3) is 2.99. The minimum Gasteiger partial charge on any atom is -0.459 e. The zero-order valence-electron chi connectivity index (χ0n) is 14.3. The van der Waals surface area contributed by atoms with Gasteiger partial charge in [-0.05, 0) is 23.3 Å². The smallest absolute Gasteiger partial charge is 0.290 e. The number of nitrogens with one attached hydrogen (secondary N) is 1. The van der Waals surface area contributed by atoms with Gasteiger partial charge in [0.25, 0.3) is 5.91 Å². The predicted octanol–water partition coefficient (Wildman–Crippen LogP) is 2.22. The highest BCUT2D eigenvalue weighted by atomic mass is 16.3. The summed E-state index contributed by atoms with van der Waals surface area (Å²) in [5, 5.41) is 6.97. The van der Waals surface area contributed by atoms with Gasteiger partial charge in [0.15, 0.2) is 11.6 Å². The molecule has 1 aliphatic heterocycles. The van der Waals surface area contributed by atoms with Crippen molar-refractivity contribution in [2.75, 3.05) is 5.32 Å². The van der Waals surface area contributed by atoms with Gasteiger partial charge in [0.1, 0.15) is 6.04 Å². The Bertz CT molecular complexity index is 945. The number of nitrogens with zero attached hydrogens (tertiary/aromatic N) is 3. The first kappa shape index (κ1) is 16.1. The molecule has 3 aromatic rings. The number of benzene rings is 1. The van der Waals surface area contributed by atoms with Gasteiger partial charge in [-0.1, -0.05) is 24.3 Å². The first-order valence-corrected chi connectivity index (χ1v) is 8.33. The lowest BCUT2D eigenvalue weighted by Crippen LogP contribution is -2.50. The molecule has 0 saturated carbocycles. The van der Waals surface area contributed by atoms with Crippen molar-refractivity contribution in [3.8, 4) is 0 Å². The van der Waals surface area contributed by atoms with Crippen molar-refractivity contribution in [2.45, 2.75) is 19.0 Å². The maximum atomic E-state index is 12.9. The molecule has 0 aliphatic carbocycles. The van der Waals surface area contributed by atoms with Crippen LogP contribution in [0.1, 0.15) is 21.7 Å². The van der Waals surface area contributed by atoms with Gasteiger partial charge < -0.3 is 14.6 Å². The van der Waals surface area contributed by atoms with Crippen LogP contribution in [0.3, 0.4) is 0 Å². The molecule has 3 heterocycles. The van der Waals surface area contributed by atoms with Crippen molar-refractivity contribution >= 4 is 17.6 Å². The second-order valence-electron chi connectivity index (χ2n) is 6.26. The first-order valence-electron chi connectivity index (χ1n) is 8.33. The molecule has 7 heteroatoms. The fraction of sp³-hybridized carbons (Fsp3) is 0.211. The van der Waals surface area contributed by atoms with Crippen molar-refractivity contribution < 1.29 is 14.0 Å². The van der Waals surface area contributed by atoms with Crippen molar-refractivity contribution in [3.63, 3.8) is 0 Å². The topological polar surface area (TPSA) is 80.4 Å². The molecule has 132 valence electrons. The molecule has 0 radical (unpaired) electrons. The monoisotopic (exact) mass is 350 g/mol. The van der Waals surface area contributed by atoms with Gasteiger partial charge in [-0.15, -0.1) is 0 Å². The molecule has 0 bridgehead atoms. The highest BCUT2D eigenvalue weighted by Gasteiger charge is 2.36. The van der Waals surface area contributed by atoms with Crippen LogP contribution in [-0.2, 0) is 24.8 Å². The fourth-order valence-corrected chi connectivity index (χ4v) is 3.20. The largest absolute Gasteiger partial charge is 0.459 e. The molecule has 7 nitrogen and oxygen atoms in total. The molecule has 0 saturated heterocycles. The van der Waals surface area contributed by atoms with E-state index in [2.05, 4.69) is 10.4 Å². The van der Waals surface area contributed by atoms with Crippen LogP contribution in [0.2, 0.25) is 0 Å². The quantitative estimate of drug-likeness (QED) is 0.785. The Morgan fingerprint density at radius 3 is 2.65 bits per heavy atom. The van der Waals surface area contributed by atoms with Crippen LogP contribution in [0.15, 0.2) is 59.3 Å². The minimum atomic E-state index is -0.635. The molecule has 26 heavy (non-hydrogen) atoms. The van der Waals surface area contributed by atoms with Crippen LogP contribution < -0.4 is 5.32 Å². The Balaban J connectivity index is 1.64. The summed E-state index contributed by atoms with van der Waals surface area (Å²) in [4.78, 5) is 27.3. The molecule has 2 amide bonds. The predicted molar refractivity (Wildman–Crippen MR) is 94.4 cm³/mol. The molecule has 1 N–H and O–H groups in total. The van der Waals surface area contributed by atoms with E-state index in [0.29, 0.717) is 18.8 Å². The number of furan rings is 1. The van der Waals surface area contributed by atoms with Gasteiger partial charge in [0.05, 0.1) is 6.26 Å². The summed E-state index contributed by atoms with van der Waals surface area (Å²) in [5.74, 6) is 0.116. The highest BCUT2D eigenvalue weighted by molar-refractivity contribution is 6.00. The second kappa shape index (κ2) is 6.51. The zero-order valence-corrected chi connectivity index (χ0v) is 14.3. The molecule has 0 fully saturated rings. The van der Waals surface area contributed by atoms with Crippen LogP contribution in [0, 0.1) is 0 Å². The minimum absolute atomic E-state index is 0.222. The van der Waals surface area contributed by atoms with Gasteiger partial charge in [-0.25, -0.2) is 0 Å². The number of aryl methyl sites for hydroxylation is 1. The van der Waals surface area contributed by atoms with Gasteiger partial charge >= 0.3 is 0 Å². The van der Waals surface area contributed by atoms with Crippen LogP contribution >= 0.6 is 0 Å². The van der Waals surface area contributed by atoms with Crippen molar-refractivity contribution in [1.82, 2.24) is 14.7 Å². The summed E-state index contributed by atoms with van der Waals surface area (Å²) in [6, 6.07) is 12.2. The number of anilines is 1. The van der Waals surface area contributed by atoms with E-state index in [0.717, 1.165) is 11.1 Å². The normalized spacial score (nSPS) is 16.2. The van der Waals surface area contributed by atoms with Crippen LogP contribution in [0.4, 0.5) is 5.82 Å². The average molecular weight is 350 g/mol. The lowest BCUT2D eigenvalue weighted by Gasteiger charge is -2.35. The first-order chi connectivity index (χ1) is 12.6. The van der Waals surface area contributed by atoms with Gasteiger partial charge in [0.2, 0.25) is 5.91 Å².